The molecule has 2 heteroatoms. The van der Waals surface area contributed by atoms with E-state index in [9.17, 15) is 0 Å². The van der Waals surface area contributed by atoms with E-state index in [4.69, 9.17) is 11.6 Å². The molecular weight excluding hydrogens is 320 g/mol. The van der Waals surface area contributed by atoms with Crippen LogP contribution in [-0.2, 0) is 6.42 Å². The number of aryl methyl sites for hydroxylation is 1. The molecule has 0 aliphatic heterocycles. The van der Waals surface area contributed by atoms with Crippen LogP contribution in [0.25, 0.3) is 0 Å². The highest BCUT2D eigenvalue weighted by atomic mass is 79.9. The molecule has 0 aliphatic rings. The monoisotopic (exact) mass is 336 g/mol. The quantitative estimate of drug-likeness (QED) is 0.576. The Labute approximate surface area is 128 Å². The van der Waals surface area contributed by atoms with Crippen molar-refractivity contribution in [3.05, 3.63) is 69.7 Å². The van der Waals surface area contributed by atoms with Crippen molar-refractivity contribution >= 4 is 27.5 Å². The third-order valence-electron chi connectivity index (χ3n) is 3.27. The molecule has 0 aromatic heterocycles. The van der Waals surface area contributed by atoms with Gasteiger partial charge in [-0.3, -0.25) is 0 Å². The van der Waals surface area contributed by atoms with Gasteiger partial charge in [0.2, 0.25) is 0 Å². The zero-order valence-electron chi connectivity index (χ0n) is 11.1. The largest absolute Gasteiger partial charge is 0.113 e. The molecule has 0 nitrogen and oxygen atoms in total. The smallest absolute Gasteiger partial charge is 0.0846 e. The van der Waals surface area contributed by atoms with Crippen LogP contribution in [0.1, 0.15) is 41.8 Å². The first-order chi connectivity index (χ1) is 9.22. The second kappa shape index (κ2) is 7.12. The van der Waals surface area contributed by atoms with E-state index >= 15 is 0 Å². The van der Waals surface area contributed by atoms with Gasteiger partial charge in [-0.15, -0.1) is 11.6 Å². The van der Waals surface area contributed by atoms with Gasteiger partial charge in [0, 0.05) is 4.47 Å². The Balaban J connectivity index is 2.16. The van der Waals surface area contributed by atoms with Gasteiger partial charge in [0.1, 0.15) is 0 Å². The molecule has 1 unspecified atom stereocenters. The average Bonchev–Trinajstić information content (AvgIpc) is 2.45. The lowest BCUT2D eigenvalue weighted by Crippen LogP contribution is -1.95. The number of halogens is 2. The number of hydrogen-bond donors (Lipinski definition) is 0. The predicted molar refractivity (Wildman–Crippen MR) is 86.9 cm³/mol. The van der Waals surface area contributed by atoms with Crippen LogP contribution < -0.4 is 0 Å². The second-order valence-electron chi connectivity index (χ2n) is 4.73. The van der Waals surface area contributed by atoms with Gasteiger partial charge >= 0.3 is 0 Å². The van der Waals surface area contributed by atoms with Crippen LogP contribution in [0.15, 0.2) is 53.0 Å². The maximum absolute atomic E-state index is 6.56. The molecule has 0 aliphatic carbocycles. The van der Waals surface area contributed by atoms with Crippen LogP contribution in [0.3, 0.4) is 0 Å². The van der Waals surface area contributed by atoms with E-state index in [0.29, 0.717) is 0 Å². The fourth-order valence-corrected chi connectivity index (χ4v) is 3.08. The van der Waals surface area contributed by atoms with Crippen molar-refractivity contribution in [3.63, 3.8) is 0 Å². The first-order valence-corrected chi connectivity index (χ1v) is 7.92. The van der Waals surface area contributed by atoms with Gasteiger partial charge in [0.15, 0.2) is 0 Å². The van der Waals surface area contributed by atoms with Gasteiger partial charge < -0.3 is 0 Å². The molecule has 0 bridgehead atoms. The molecule has 100 valence electrons. The van der Waals surface area contributed by atoms with Gasteiger partial charge in [0.25, 0.3) is 0 Å². The fraction of sp³-hybridized carbons (Fsp3) is 0.294. The van der Waals surface area contributed by atoms with Crippen LogP contribution in [0.5, 0.6) is 0 Å². The fourth-order valence-electron chi connectivity index (χ4n) is 2.09. The van der Waals surface area contributed by atoms with E-state index in [-0.39, 0.29) is 5.38 Å². The summed E-state index contributed by atoms with van der Waals surface area (Å²) < 4.78 is 1.06. The molecule has 2 rings (SSSR count). The van der Waals surface area contributed by atoms with Crippen molar-refractivity contribution in [2.45, 2.75) is 31.6 Å². The molecule has 0 amide bonds. The van der Waals surface area contributed by atoms with E-state index in [1.54, 1.807) is 0 Å². The molecule has 2 aromatic rings. The van der Waals surface area contributed by atoms with E-state index in [1.165, 1.54) is 18.4 Å². The van der Waals surface area contributed by atoms with Crippen molar-refractivity contribution in [3.8, 4) is 0 Å². The van der Waals surface area contributed by atoms with Gasteiger partial charge in [-0.2, -0.15) is 0 Å². The van der Waals surface area contributed by atoms with E-state index < -0.39 is 0 Å². The van der Waals surface area contributed by atoms with Gasteiger partial charge in [-0.05, 0) is 35.6 Å². The number of hydrogen-bond acceptors (Lipinski definition) is 0. The maximum Gasteiger partial charge on any atom is 0.0846 e. The summed E-state index contributed by atoms with van der Waals surface area (Å²) in [6.07, 6.45) is 3.63. The Hall–Kier alpha value is -0.790. The van der Waals surface area contributed by atoms with Crippen LogP contribution in [0.2, 0.25) is 0 Å². The summed E-state index contributed by atoms with van der Waals surface area (Å²) in [5.74, 6) is 0. The zero-order valence-corrected chi connectivity index (χ0v) is 13.4. The molecule has 0 saturated carbocycles. The summed E-state index contributed by atoms with van der Waals surface area (Å²) in [5.41, 5.74) is 3.65. The number of unbranched alkanes of at least 4 members (excludes halogenated alkanes) is 1. The van der Waals surface area contributed by atoms with E-state index in [1.807, 2.05) is 18.2 Å². The van der Waals surface area contributed by atoms with Crippen LogP contribution in [-0.4, -0.2) is 0 Å². The highest BCUT2D eigenvalue weighted by Crippen LogP contribution is 2.33. The van der Waals surface area contributed by atoms with E-state index in [2.05, 4.69) is 53.2 Å². The molecule has 0 spiro atoms. The lowest BCUT2D eigenvalue weighted by atomic mass is 10.0. The van der Waals surface area contributed by atoms with E-state index in [0.717, 1.165) is 22.0 Å². The predicted octanol–water partition coefficient (Wildman–Crippen LogP) is 6.12. The van der Waals surface area contributed by atoms with Crippen molar-refractivity contribution in [1.29, 1.82) is 0 Å². The number of rotatable bonds is 5. The molecule has 2 aromatic carbocycles. The third-order valence-corrected chi connectivity index (χ3v) is 4.48. The minimum absolute atomic E-state index is 0.101. The summed E-state index contributed by atoms with van der Waals surface area (Å²) in [4.78, 5) is 0. The Bertz CT molecular complexity index is 519. The van der Waals surface area contributed by atoms with Gasteiger partial charge in [-0.1, -0.05) is 71.7 Å². The van der Waals surface area contributed by atoms with Crippen LogP contribution >= 0.6 is 27.5 Å². The van der Waals surface area contributed by atoms with Crippen LogP contribution in [0, 0.1) is 0 Å². The lowest BCUT2D eigenvalue weighted by molar-refractivity contribution is 0.794. The lowest BCUT2D eigenvalue weighted by Gasteiger charge is -2.13. The SMILES string of the molecule is CCCCc1ccc(C(Cl)c2ccccc2Br)cc1. The number of benzene rings is 2. The minimum Gasteiger partial charge on any atom is -0.113 e. The first kappa shape index (κ1) is 14.6. The van der Waals surface area contributed by atoms with Crippen molar-refractivity contribution < 1.29 is 0 Å². The van der Waals surface area contributed by atoms with Crippen molar-refractivity contribution in [2.75, 3.05) is 0 Å². The standard InChI is InChI=1S/C17H18BrCl/c1-2-3-6-13-9-11-14(12-10-13)17(19)15-7-4-5-8-16(15)18/h4-5,7-12,17H,2-3,6H2,1H3. The summed E-state index contributed by atoms with van der Waals surface area (Å²) >= 11 is 10.1. The minimum atomic E-state index is -0.101. The Morgan fingerprint density at radius 2 is 1.74 bits per heavy atom. The summed E-state index contributed by atoms with van der Waals surface area (Å²) in [6, 6.07) is 16.8. The highest BCUT2D eigenvalue weighted by molar-refractivity contribution is 9.10. The zero-order chi connectivity index (χ0) is 13.7. The molecule has 19 heavy (non-hydrogen) atoms. The summed E-state index contributed by atoms with van der Waals surface area (Å²) in [5, 5.41) is -0.101. The average molecular weight is 338 g/mol. The van der Waals surface area contributed by atoms with Crippen molar-refractivity contribution in [1.82, 2.24) is 0 Å². The van der Waals surface area contributed by atoms with Crippen LogP contribution in [0.4, 0.5) is 0 Å². The van der Waals surface area contributed by atoms with Gasteiger partial charge in [-0.25, -0.2) is 0 Å². The Kier molecular flexibility index (Phi) is 5.47. The molecule has 0 heterocycles. The molecule has 0 fully saturated rings. The Morgan fingerprint density at radius 3 is 2.37 bits per heavy atom. The summed E-state index contributed by atoms with van der Waals surface area (Å²) in [7, 11) is 0. The molecular formula is C17H18BrCl. The first-order valence-electron chi connectivity index (χ1n) is 6.69. The topological polar surface area (TPSA) is 0 Å². The Morgan fingerprint density at radius 1 is 1.05 bits per heavy atom. The molecule has 1 atom stereocenters. The normalized spacial score (nSPS) is 12.4. The van der Waals surface area contributed by atoms with Gasteiger partial charge in [0.05, 0.1) is 5.38 Å². The molecule has 0 saturated heterocycles. The number of alkyl halides is 1. The molecule has 0 radical (unpaired) electrons. The highest BCUT2D eigenvalue weighted by Gasteiger charge is 2.13. The summed E-state index contributed by atoms with van der Waals surface area (Å²) in [6.45, 7) is 2.22. The molecule has 0 N–H and O–H groups in total. The third kappa shape index (κ3) is 3.84. The second-order valence-corrected chi connectivity index (χ2v) is 6.02. The maximum atomic E-state index is 6.56. The van der Waals surface area contributed by atoms with Crippen molar-refractivity contribution in [2.24, 2.45) is 0 Å².